The Labute approximate surface area is 168 Å². The fourth-order valence-corrected chi connectivity index (χ4v) is 3.76. The van der Waals surface area contributed by atoms with E-state index >= 15 is 0 Å². The smallest absolute Gasteiger partial charge is 0.410 e. The fourth-order valence-electron chi connectivity index (χ4n) is 3.76. The van der Waals surface area contributed by atoms with Crippen molar-refractivity contribution in [2.24, 2.45) is 16.6 Å². The van der Waals surface area contributed by atoms with Gasteiger partial charge in [0.05, 0.1) is 0 Å². The van der Waals surface area contributed by atoms with Gasteiger partial charge in [-0.15, -0.1) is 0 Å². The van der Waals surface area contributed by atoms with Crippen LogP contribution in [-0.2, 0) is 11.3 Å². The molecular weight excluding hydrogens is 354 g/mol. The number of aliphatic imine (C=N–C) groups is 1. The molecule has 2 N–H and O–H groups in total. The van der Waals surface area contributed by atoms with Crippen LogP contribution in [0.5, 0.6) is 5.75 Å². The van der Waals surface area contributed by atoms with Gasteiger partial charge in [-0.3, -0.25) is 0 Å². The SMILES string of the molecule is CC1Oc2ccc(CN(CC3CCCCC3)C(=O)OC(C)(C)C)cc2N=C1N. The van der Waals surface area contributed by atoms with E-state index in [1.54, 1.807) is 0 Å². The summed E-state index contributed by atoms with van der Waals surface area (Å²) >= 11 is 0. The molecule has 0 aromatic heterocycles. The lowest BCUT2D eigenvalue weighted by atomic mass is 9.89. The molecule has 0 saturated heterocycles. The lowest BCUT2D eigenvalue weighted by Crippen LogP contribution is -2.39. The monoisotopic (exact) mass is 387 g/mol. The summed E-state index contributed by atoms with van der Waals surface area (Å²) in [6, 6.07) is 5.85. The fraction of sp³-hybridized carbons (Fsp3) is 0.636. The van der Waals surface area contributed by atoms with Gasteiger partial charge in [-0.25, -0.2) is 9.79 Å². The lowest BCUT2D eigenvalue weighted by molar-refractivity contribution is 0.0190. The van der Waals surface area contributed by atoms with E-state index in [1.165, 1.54) is 32.1 Å². The number of hydrogen-bond donors (Lipinski definition) is 1. The van der Waals surface area contributed by atoms with E-state index in [0.29, 0.717) is 18.3 Å². The normalized spacial score (nSPS) is 20.0. The first-order chi connectivity index (χ1) is 13.2. The highest BCUT2D eigenvalue weighted by Gasteiger charge is 2.26. The molecule has 154 valence electrons. The maximum Gasteiger partial charge on any atom is 0.410 e. The number of fused-ring (bicyclic) bond motifs is 1. The van der Waals surface area contributed by atoms with Crippen LogP contribution in [0.4, 0.5) is 10.5 Å². The molecule has 1 aliphatic carbocycles. The number of benzene rings is 1. The third-order valence-corrected chi connectivity index (χ3v) is 5.22. The largest absolute Gasteiger partial charge is 0.481 e. The summed E-state index contributed by atoms with van der Waals surface area (Å²) in [5.41, 5.74) is 7.13. The third kappa shape index (κ3) is 5.40. The first-order valence-electron chi connectivity index (χ1n) is 10.3. The number of amidine groups is 1. The summed E-state index contributed by atoms with van der Waals surface area (Å²) in [6.07, 6.45) is 5.66. The van der Waals surface area contributed by atoms with Gasteiger partial charge in [0.15, 0.2) is 6.10 Å². The molecule has 1 fully saturated rings. The molecule has 6 nitrogen and oxygen atoms in total. The number of ether oxygens (including phenoxy) is 2. The average Bonchev–Trinajstić information content (AvgIpc) is 2.62. The van der Waals surface area contributed by atoms with Crippen molar-refractivity contribution < 1.29 is 14.3 Å². The van der Waals surface area contributed by atoms with Gasteiger partial charge in [0.25, 0.3) is 0 Å². The molecule has 28 heavy (non-hydrogen) atoms. The van der Waals surface area contributed by atoms with Crippen LogP contribution < -0.4 is 10.5 Å². The van der Waals surface area contributed by atoms with E-state index in [-0.39, 0.29) is 12.2 Å². The first kappa shape index (κ1) is 20.5. The number of nitrogens with two attached hydrogens (primary N) is 1. The maximum atomic E-state index is 12.9. The van der Waals surface area contributed by atoms with Gasteiger partial charge in [0.2, 0.25) is 0 Å². The topological polar surface area (TPSA) is 77.1 Å². The molecule has 0 radical (unpaired) electrons. The average molecular weight is 388 g/mol. The summed E-state index contributed by atoms with van der Waals surface area (Å²) in [6.45, 7) is 8.80. The Bertz CT molecular complexity index is 733. The first-order valence-corrected chi connectivity index (χ1v) is 10.3. The van der Waals surface area contributed by atoms with E-state index < -0.39 is 5.60 Å². The summed E-state index contributed by atoms with van der Waals surface area (Å²) < 4.78 is 11.4. The van der Waals surface area contributed by atoms with Gasteiger partial charge in [-0.1, -0.05) is 25.3 Å². The Morgan fingerprint density at radius 3 is 2.68 bits per heavy atom. The highest BCUT2D eigenvalue weighted by Crippen LogP contribution is 2.33. The predicted molar refractivity (Wildman–Crippen MR) is 111 cm³/mol. The molecule has 3 rings (SSSR count). The number of carbonyl (C=O) groups is 1. The van der Waals surface area contributed by atoms with Crippen LogP contribution in [0.2, 0.25) is 0 Å². The van der Waals surface area contributed by atoms with Crippen molar-refractivity contribution in [2.45, 2.75) is 78.0 Å². The van der Waals surface area contributed by atoms with E-state index in [0.717, 1.165) is 23.5 Å². The van der Waals surface area contributed by atoms with Crippen molar-refractivity contribution in [1.82, 2.24) is 4.90 Å². The van der Waals surface area contributed by atoms with Crippen LogP contribution in [0.3, 0.4) is 0 Å². The van der Waals surface area contributed by atoms with Gasteiger partial charge in [-0.05, 0) is 64.2 Å². The third-order valence-electron chi connectivity index (χ3n) is 5.22. The number of rotatable bonds is 4. The second kappa shape index (κ2) is 8.41. The molecule has 1 aromatic rings. The van der Waals surface area contributed by atoms with Crippen molar-refractivity contribution in [1.29, 1.82) is 0 Å². The summed E-state index contributed by atoms with van der Waals surface area (Å²) in [4.78, 5) is 19.1. The van der Waals surface area contributed by atoms with Crippen LogP contribution >= 0.6 is 0 Å². The Morgan fingerprint density at radius 1 is 1.29 bits per heavy atom. The van der Waals surface area contributed by atoms with Crippen molar-refractivity contribution in [3.63, 3.8) is 0 Å². The molecule has 1 heterocycles. The zero-order chi connectivity index (χ0) is 20.3. The molecule has 0 bridgehead atoms. The molecule has 0 spiro atoms. The van der Waals surface area contributed by atoms with E-state index in [4.69, 9.17) is 15.2 Å². The van der Waals surface area contributed by atoms with E-state index in [1.807, 2.05) is 50.8 Å². The Balaban J connectivity index is 1.77. The molecule has 1 atom stereocenters. The highest BCUT2D eigenvalue weighted by molar-refractivity contribution is 5.89. The van der Waals surface area contributed by atoms with Gasteiger partial charge in [-0.2, -0.15) is 0 Å². The molecule has 6 heteroatoms. The van der Waals surface area contributed by atoms with Crippen LogP contribution in [0.15, 0.2) is 23.2 Å². The molecule has 1 aromatic carbocycles. The van der Waals surface area contributed by atoms with Gasteiger partial charge < -0.3 is 20.1 Å². The lowest BCUT2D eigenvalue weighted by Gasteiger charge is -2.32. The van der Waals surface area contributed by atoms with Crippen LogP contribution in [0.1, 0.15) is 65.4 Å². The minimum atomic E-state index is -0.513. The van der Waals surface area contributed by atoms with Gasteiger partial charge in [0.1, 0.15) is 22.9 Å². The highest BCUT2D eigenvalue weighted by atomic mass is 16.6. The van der Waals surface area contributed by atoms with Crippen LogP contribution in [0.25, 0.3) is 0 Å². The number of carbonyl (C=O) groups excluding carboxylic acids is 1. The second-order valence-corrected chi connectivity index (χ2v) is 8.96. The Hall–Kier alpha value is -2.24. The van der Waals surface area contributed by atoms with Gasteiger partial charge in [0, 0.05) is 13.1 Å². The van der Waals surface area contributed by atoms with Crippen molar-refractivity contribution in [3.05, 3.63) is 23.8 Å². The zero-order valence-electron chi connectivity index (χ0n) is 17.5. The summed E-state index contributed by atoms with van der Waals surface area (Å²) in [5, 5.41) is 0. The zero-order valence-corrected chi connectivity index (χ0v) is 17.5. The molecule has 1 amide bonds. The second-order valence-electron chi connectivity index (χ2n) is 8.96. The number of amides is 1. The predicted octanol–water partition coefficient (Wildman–Crippen LogP) is 4.77. The number of hydrogen-bond acceptors (Lipinski definition) is 5. The minimum Gasteiger partial charge on any atom is -0.481 e. The molecule has 1 aliphatic heterocycles. The molecule has 1 unspecified atom stereocenters. The molecular formula is C22H33N3O3. The van der Waals surface area contributed by atoms with E-state index in [9.17, 15) is 4.79 Å². The van der Waals surface area contributed by atoms with Gasteiger partial charge >= 0.3 is 6.09 Å². The summed E-state index contributed by atoms with van der Waals surface area (Å²) in [5.74, 6) is 1.73. The van der Waals surface area contributed by atoms with Crippen molar-refractivity contribution >= 4 is 17.6 Å². The summed E-state index contributed by atoms with van der Waals surface area (Å²) in [7, 11) is 0. The quantitative estimate of drug-likeness (QED) is 0.807. The standard InChI is InChI=1S/C22H33N3O3/c1-15-20(23)24-18-12-17(10-11-19(18)27-15)14-25(21(26)28-22(2,3)4)13-16-8-6-5-7-9-16/h10-12,15-16H,5-9,13-14H2,1-4H3,(H2,23,24). The van der Waals surface area contributed by atoms with Crippen molar-refractivity contribution in [3.8, 4) is 5.75 Å². The molecule has 1 saturated carbocycles. The van der Waals surface area contributed by atoms with Crippen molar-refractivity contribution in [2.75, 3.05) is 6.54 Å². The van der Waals surface area contributed by atoms with Crippen LogP contribution in [-0.4, -0.2) is 35.1 Å². The minimum absolute atomic E-state index is 0.220. The maximum absolute atomic E-state index is 12.9. The Kier molecular flexibility index (Phi) is 6.16. The Morgan fingerprint density at radius 2 is 2.00 bits per heavy atom. The number of nitrogens with zero attached hydrogens (tertiary/aromatic N) is 2. The van der Waals surface area contributed by atoms with E-state index in [2.05, 4.69) is 4.99 Å². The molecule has 2 aliphatic rings. The van der Waals surface area contributed by atoms with Crippen LogP contribution in [0, 0.1) is 5.92 Å².